The maximum atomic E-state index is 12.2. The summed E-state index contributed by atoms with van der Waals surface area (Å²) in [4.78, 5) is 25.7. The van der Waals surface area contributed by atoms with E-state index in [0.29, 0.717) is 25.1 Å². The van der Waals surface area contributed by atoms with Crippen LogP contribution < -0.4 is 0 Å². The molecular weight excluding hydrogens is 270 g/mol. The van der Waals surface area contributed by atoms with Crippen LogP contribution in [0.2, 0.25) is 0 Å². The van der Waals surface area contributed by atoms with Gasteiger partial charge in [-0.15, -0.1) is 0 Å². The molecule has 0 spiro atoms. The highest BCUT2D eigenvalue weighted by atomic mass is 16.6. The fraction of sp³-hybridized carbons (Fsp3) is 0.750. The van der Waals surface area contributed by atoms with Crippen molar-refractivity contribution in [2.45, 2.75) is 65.5 Å². The Labute approximate surface area is 127 Å². The van der Waals surface area contributed by atoms with E-state index in [1.165, 1.54) is 0 Å². The number of hydrogen-bond donors (Lipinski definition) is 0. The van der Waals surface area contributed by atoms with E-state index >= 15 is 0 Å². The third kappa shape index (κ3) is 5.40. The minimum absolute atomic E-state index is 0.0841. The maximum Gasteiger partial charge on any atom is 0.410 e. The standard InChI is InChI=1S/C16H27NO4/c1-6-12(14(18)20-7-2)11-13-9-8-10-17(13)15(19)21-16(3,4)5/h11,13H,6-10H2,1-5H3/b12-11+. The summed E-state index contributed by atoms with van der Waals surface area (Å²) < 4.78 is 10.5. The van der Waals surface area contributed by atoms with Crippen LogP contribution in [0.1, 0.15) is 53.9 Å². The van der Waals surface area contributed by atoms with Crippen molar-refractivity contribution in [3.63, 3.8) is 0 Å². The monoisotopic (exact) mass is 297 g/mol. The van der Waals surface area contributed by atoms with Crippen LogP contribution >= 0.6 is 0 Å². The van der Waals surface area contributed by atoms with Crippen LogP contribution in [0.4, 0.5) is 4.79 Å². The second-order valence-corrected chi connectivity index (χ2v) is 6.15. The van der Waals surface area contributed by atoms with Crippen molar-refractivity contribution < 1.29 is 19.1 Å². The number of likely N-dealkylation sites (tertiary alicyclic amines) is 1. The summed E-state index contributed by atoms with van der Waals surface area (Å²) >= 11 is 0. The lowest BCUT2D eigenvalue weighted by molar-refractivity contribution is -0.138. The third-order valence-corrected chi connectivity index (χ3v) is 3.24. The van der Waals surface area contributed by atoms with Crippen molar-refractivity contribution in [1.29, 1.82) is 0 Å². The van der Waals surface area contributed by atoms with E-state index < -0.39 is 5.60 Å². The van der Waals surface area contributed by atoms with Crippen LogP contribution in [-0.2, 0) is 14.3 Å². The number of rotatable bonds is 4. The first kappa shape index (κ1) is 17.5. The highest BCUT2D eigenvalue weighted by Gasteiger charge is 2.31. The van der Waals surface area contributed by atoms with Gasteiger partial charge in [-0.2, -0.15) is 0 Å². The molecule has 0 bridgehead atoms. The van der Waals surface area contributed by atoms with Gasteiger partial charge in [-0.1, -0.05) is 13.0 Å². The average Bonchev–Trinajstić information content (AvgIpc) is 2.82. The molecule has 1 aliphatic rings. The minimum atomic E-state index is -0.511. The summed E-state index contributed by atoms with van der Waals surface area (Å²) in [6, 6.07) is -0.0841. The Morgan fingerprint density at radius 2 is 1.95 bits per heavy atom. The van der Waals surface area contributed by atoms with Crippen molar-refractivity contribution in [3.8, 4) is 0 Å². The van der Waals surface area contributed by atoms with Gasteiger partial charge in [0, 0.05) is 12.1 Å². The quantitative estimate of drug-likeness (QED) is 0.590. The van der Waals surface area contributed by atoms with Crippen LogP contribution in [0, 0.1) is 0 Å². The molecule has 1 fully saturated rings. The number of hydrogen-bond acceptors (Lipinski definition) is 4. The number of carbonyl (C=O) groups excluding carboxylic acids is 2. The van der Waals surface area contributed by atoms with E-state index in [1.54, 1.807) is 11.8 Å². The van der Waals surface area contributed by atoms with Gasteiger partial charge in [-0.25, -0.2) is 9.59 Å². The first-order chi connectivity index (χ1) is 9.78. The molecule has 0 aliphatic carbocycles. The maximum absolute atomic E-state index is 12.2. The Kier molecular flexibility index (Phi) is 6.24. The first-order valence-electron chi connectivity index (χ1n) is 7.66. The lowest BCUT2D eigenvalue weighted by atomic mass is 10.1. The average molecular weight is 297 g/mol. The molecule has 0 N–H and O–H groups in total. The zero-order chi connectivity index (χ0) is 16.0. The van der Waals surface area contributed by atoms with Gasteiger partial charge >= 0.3 is 12.1 Å². The summed E-state index contributed by atoms with van der Waals surface area (Å²) in [5.41, 5.74) is 0.111. The first-order valence-corrected chi connectivity index (χ1v) is 7.66. The molecule has 1 amide bonds. The predicted octanol–water partition coefficient (Wildman–Crippen LogP) is 3.29. The normalized spacial score (nSPS) is 19.6. The number of esters is 1. The number of amides is 1. The molecule has 1 saturated heterocycles. The van der Waals surface area contributed by atoms with E-state index in [1.807, 2.05) is 33.8 Å². The Balaban J connectivity index is 2.80. The minimum Gasteiger partial charge on any atom is -0.463 e. The highest BCUT2D eigenvalue weighted by molar-refractivity contribution is 5.88. The topological polar surface area (TPSA) is 55.8 Å². The zero-order valence-corrected chi connectivity index (χ0v) is 13.8. The van der Waals surface area contributed by atoms with Crippen LogP contribution in [0.15, 0.2) is 11.6 Å². The van der Waals surface area contributed by atoms with E-state index in [2.05, 4.69) is 0 Å². The van der Waals surface area contributed by atoms with E-state index in [9.17, 15) is 9.59 Å². The van der Waals surface area contributed by atoms with E-state index in [-0.39, 0.29) is 18.1 Å². The molecule has 21 heavy (non-hydrogen) atoms. The summed E-state index contributed by atoms with van der Waals surface area (Å²) in [5.74, 6) is -0.295. The molecule has 1 aliphatic heterocycles. The summed E-state index contributed by atoms with van der Waals surface area (Å²) in [5, 5.41) is 0. The van der Waals surface area contributed by atoms with Gasteiger partial charge in [0.25, 0.3) is 0 Å². The Morgan fingerprint density at radius 3 is 2.48 bits per heavy atom. The van der Waals surface area contributed by atoms with Gasteiger partial charge < -0.3 is 14.4 Å². The van der Waals surface area contributed by atoms with Gasteiger partial charge in [-0.05, 0) is 47.0 Å². The molecule has 1 heterocycles. The Morgan fingerprint density at radius 1 is 1.29 bits per heavy atom. The molecule has 1 atom stereocenters. The number of carbonyl (C=O) groups is 2. The highest BCUT2D eigenvalue weighted by Crippen LogP contribution is 2.23. The van der Waals surface area contributed by atoms with E-state index in [0.717, 1.165) is 12.8 Å². The van der Waals surface area contributed by atoms with Gasteiger partial charge in [0.15, 0.2) is 0 Å². The molecule has 0 aromatic rings. The van der Waals surface area contributed by atoms with Gasteiger partial charge in [-0.3, -0.25) is 0 Å². The van der Waals surface area contributed by atoms with E-state index in [4.69, 9.17) is 9.47 Å². The van der Waals surface area contributed by atoms with Crippen LogP contribution in [-0.4, -0.2) is 41.8 Å². The summed E-state index contributed by atoms with van der Waals surface area (Å²) in [6.45, 7) is 10.3. The van der Waals surface area contributed by atoms with Crippen molar-refractivity contribution in [2.24, 2.45) is 0 Å². The van der Waals surface area contributed by atoms with Crippen molar-refractivity contribution in [1.82, 2.24) is 4.90 Å². The Bertz CT molecular complexity index is 409. The van der Waals surface area contributed by atoms with Crippen LogP contribution in [0.25, 0.3) is 0 Å². The Hall–Kier alpha value is -1.52. The smallest absolute Gasteiger partial charge is 0.410 e. The van der Waals surface area contributed by atoms with Gasteiger partial charge in [0.1, 0.15) is 5.60 Å². The fourth-order valence-corrected chi connectivity index (χ4v) is 2.30. The van der Waals surface area contributed by atoms with Crippen LogP contribution in [0.3, 0.4) is 0 Å². The largest absolute Gasteiger partial charge is 0.463 e. The summed E-state index contributed by atoms with van der Waals surface area (Å²) in [6.07, 6.45) is 3.90. The molecule has 0 aromatic heterocycles. The molecule has 120 valence electrons. The van der Waals surface area contributed by atoms with Crippen molar-refractivity contribution >= 4 is 12.1 Å². The molecule has 5 heteroatoms. The van der Waals surface area contributed by atoms with Gasteiger partial charge in [0.05, 0.1) is 12.6 Å². The predicted molar refractivity (Wildman–Crippen MR) is 81.0 cm³/mol. The number of nitrogens with zero attached hydrogens (tertiary/aromatic N) is 1. The van der Waals surface area contributed by atoms with Crippen LogP contribution in [0.5, 0.6) is 0 Å². The lowest BCUT2D eigenvalue weighted by Crippen LogP contribution is -2.39. The van der Waals surface area contributed by atoms with Crippen molar-refractivity contribution in [2.75, 3.05) is 13.2 Å². The van der Waals surface area contributed by atoms with Crippen molar-refractivity contribution in [3.05, 3.63) is 11.6 Å². The molecule has 1 rings (SSSR count). The second-order valence-electron chi connectivity index (χ2n) is 6.15. The third-order valence-electron chi connectivity index (χ3n) is 3.24. The molecule has 0 saturated carbocycles. The fourth-order valence-electron chi connectivity index (χ4n) is 2.30. The molecule has 1 unspecified atom stereocenters. The lowest BCUT2D eigenvalue weighted by Gasteiger charge is -2.27. The molecule has 0 aromatic carbocycles. The van der Waals surface area contributed by atoms with Gasteiger partial charge in [0.2, 0.25) is 0 Å². The number of ether oxygens (including phenoxy) is 2. The molecular formula is C16H27NO4. The molecule has 5 nitrogen and oxygen atoms in total. The second kappa shape index (κ2) is 7.48. The zero-order valence-electron chi connectivity index (χ0n) is 13.8. The summed E-state index contributed by atoms with van der Waals surface area (Å²) in [7, 11) is 0. The molecule has 0 radical (unpaired) electrons. The SMILES string of the molecule is CCOC(=O)/C(=C/C1CCCN1C(=O)OC(C)(C)C)CC.